The molecule has 1 N–H and O–H groups in total. The minimum Gasteiger partial charge on any atom is -0.490 e. The Kier molecular flexibility index (Phi) is 8.08. The number of pyridine rings is 1. The normalized spacial score (nSPS) is 13.2. The predicted molar refractivity (Wildman–Crippen MR) is 122 cm³/mol. The molecule has 6 nitrogen and oxygen atoms in total. The maximum atomic E-state index is 14.3. The van der Waals surface area contributed by atoms with Gasteiger partial charge in [-0.05, 0) is 63.8 Å². The fourth-order valence-electron chi connectivity index (χ4n) is 3.39. The largest absolute Gasteiger partial charge is 0.490 e. The summed E-state index contributed by atoms with van der Waals surface area (Å²) in [5, 5.41) is 12.3. The molecule has 0 fully saturated rings. The summed E-state index contributed by atoms with van der Waals surface area (Å²) in [4.78, 5) is 16.1. The summed E-state index contributed by atoms with van der Waals surface area (Å²) in [7, 11) is 0. The van der Waals surface area contributed by atoms with Gasteiger partial charge in [-0.3, -0.25) is 0 Å². The van der Waals surface area contributed by atoms with Crippen molar-refractivity contribution in [3.8, 4) is 22.9 Å². The summed E-state index contributed by atoms with van der Waals surface area (Å²) in [5.41, 5.74) is -0.401. The van der Waals surface area contributed by atoms with Gasteiger partial charge in [0.15, 0.2) is 11.0 Å². The van der Waals surface area contributed by atoms with Gasteiger partial charge in [-0.2, -0.15) is 5.26 Å². The summed E-state index contributed by atoms with van der Waals surface area (Å²) < 4.78 is 25.7. The van der Waals surface area contributed by atoms with Crippen LogP contribution in [0.15, 0.2) is 30.5 Å². The van der Waals surface area contributed by atoms with Crippen LogP contribution in [-0.2, 0) is 4.74 Å². The Hall–Kier alpha value is -2.85. The number of hydrogen-bond donors (Lipinski definition) is 1. The topological polar surface area (TPSA) is 84.2 Å². The number of hydrogen-bond acceptors (Lipinski definition) is 5. The average molecular weight is 462 g/mol. The van der Waals surface area contributed by atoms with Crippen molar-refractivity contribution in [2.24, 2.45) is 5.92 Å². The third-order valence-corrected chi connectivity index (χ3v) is 4.73. The van der Waals surface area contributed by atoms with Crippen molar-refractivity contribution in [3.05, 3.63) is 47.0 Å². The standard InChI is InChI=1S/C24H29ClFN3O3/c1-15(2)12-24(6,29-22(30)32-23(3,4)5)14-31-19-8-7-16(11-17(19)13-27)18-9-10-28-21(25)20(18)26/h7-11,15H,12,14H2,1-6H3,(H,29,30)/t24-/m0/s1. The van der Waals surface area contributed by atoms with E-state index in [1.165, 1.54) is 18.3 Å². The van der Waals surface area contributed by atoms with Crippen LogP contribution in [0.4, 0.5) is 9.18 Å². The van der Waals surface area contributed by atoms with Crippen molar-refractivity contribution in [1.82, 2.24) is 10.3 Å². The third-order valence-electron chi connectivity index (χ3n) is 4.47. The summed E-state index contributed by atoms with van der Waals surface area (Å²) in [5.74, 6) is -0.0497. The van der Waals surface area contributed by atoms with E-state index in [9.17, 15) is 14.4 Å². The van der Waals surface area contributed by atoms with E-state index in [2.05, 4.69) is 16.4 Å². The molecular weight excluding hydrogens is 433 g/mol. The predicted octanol–water partition coefficient (Wildman–Crippen LogP) is 6.12. The van der Waals surface area contributed by atoms with Crippen LogP contribution < -0.4 is 10.1 Å². The zero-order chi connectivity index (χ0) is 24.1. The number of halogens is 2. The summed E-state index contributed by atoms with van der Waals surface area (Å²) in [6.45, 7) is 11.4. The molecule has 1 aromatic carbocycles. The maximum Gasteiger partial charge on any atom is 0.408 e. The number of carbonyl (C=O) groups excluding carboxylic acids is 1. The quantitative estimate of drug-likeness (QED) is 0.502. The Morgan fingerprint density at radius 2 is 1.97 bits per heavy atom. The molecule has 172 valence electrons. The first-order chi connectivity index (χ1) is 14.8. The number of benzene rings is 1. The van der Waals surface area contributed by atoms with Crippen LogP contribution in [-0.4, -0.2) is 28.8 Å². The Morgan fingerprint density at radius 3 is 2.56 bits per heavy atom. The molecule has 1 atom stereocenters. The van der Waals surface area contributed by atoms with E-state index in [0.29, 0.717) is 17.7 Å². The molecule has 0 radical (unpaired) electrons. The fourth-order valence-corrected chi connectivity index (χ4v) is 3.54. The molecule has 0 saturated carbocycles. The third kappa shape index (κ3) is 7.10. The highest BCUT2D eigenvalue weighted by Crippen LogP contribution is 2.31. The van der Waals surface area contributed by atoms with Gasteiger partial charge in [-0.15, -0.1) is 0 Å². The first-order valence-electron chi connectivity index (χ1n) is 10.3. The van der Waals surface area contributed by atoms with Crippen molar-refractivity contribution in [1.29, 1.82) is 5.26 Å². The van der Waals surface area contributed by atoms with Gasteiger partial charge in [-0.1, -0.05) is 31.5 Å². The Bertz CT molecular complexity index is 1010. The molecule has 0 aliphatic carbocycles. The molecule has 0 saturated heterocycles. The number of ether oxygens (including phenoxy) is 2. The molecule has 0 aliphatic rings. The molecule has 1 aromatic heterocycles. The number of amides is 1. The van der Waals surface area contributed by atoms with E-state index in [1.54, 1.807) is 32.9 Å². The number of nitrogens with one attached hydrogen (secondary N) is 1. The number of rotatable bonds is 7. The van der Waals surface area contributed by atoms with E-state index in [4.69, 9.17) is 21.1 Å². The second-order valence-corrected chi connectivity index (χ2v) is 9.72. The number of alkyl carbamates (subject to hydrolysis) is 1. The summed E-state index contributed by atoms with van der Waals surface area (Å²) in [6.07, 6.45) is 1.49. The molecule has 32 heavy (non-hydrogen) atoms. The van der Waals surface area contributed by atoms with Crippen molar-refractivity contribution in [2.75, 3.05) is 6.61 Å². The lowest BCUT2D eigenvalue weighted by atomic mass is 9.91. The fraction of sp³-hybridized carbons (Fsp3) is 0.458. The van der Waals surface area contributed by atoms with Gasteiger partial charge in [-0.25, -0.2) is 14.2 Å². The Labute approximate surface area is 193 Å². The molecule has 1 heterocycles. The van der Waals surface area contributed by atoms with Crippen LogP contribution in [0.25, 0.3) is 11.1 Å². The van der Waals surface area contributed by atoms with Crippen LogP contribution in [0.1, 0.15) is 53.5 Å². The number of aromatic nitrogens is 1. The molecule has 0 bridgehead atoms. The van der Waals surface area contributed by atoms with Gasteiger partial charge < -0.3 is 14.8 Å². The molecule has 1 amide bonds. The molecule has 0 aliphatic heterocycles. The van der Waals surface area contributed by atoms with Crippen LogP contribution in [0.3, 0.4) is 0 Å². The average Bonchev–Trinajstić information content (AvgIpc) is 2.66. The van der Waals surface area contributed by atoms with Crippen LogP contribution in [0.2, 0.25) is 5.15 Å². The minimum atomic E-state index is -0.730. The van der Waals surface area contributed by atoms with Crippen LogP contribution in [0, 0.1) is 23.1 Å². The van der Waals surface area contributed by atoms with Crippen molar-refractivity contribution in [3.63, 3.8) is 0 Å². The molecular formula is C24H29ClFN3O3. The molecule has 2 aromatic rings. The lowest BCUT2D eigenvalue weighted by Crippen LogP contribution is -2.52. The van der Waals surface area contributed by atoms with Gasteiger partial charge >= 0.3 is 6.09 Å². The first kappa shape index (κ1) is 25.4. The van der Waals surface area contributed by atoms with Crippen molar-refractivity contribution >= 4 is 17.7 Å². The minimum absolute atomic E-state index is 0.119. The van der Waals surface area contributed by atoms with Gasteiger partial charge in [0, 0.05) is 11.8 Å². The first-order valence-corrected chi connectivity index (χ1v) is 10.7. The number of nitriles is 1. The SMILES string of the molecule is CC(C)C[C@@](C)(COc1ccc(-c2ccnc(Cl)c2F)cc1C#N)NC(=O)OC(C)(C)C. The van der Waals surface area contributed by atoms with E-state index < -0.39 is 23.1 Å². The van der Waals surface area contributed by atoms with E-state index in [0.717, 1.165) is 0 Å². The smallest absolute Gasteiger partial charge is 0.408 e. The van der Waals surface area contributed by atoms with E-state index in [1.807, 2.05) is 20.8 Å². The molecule has 8 heteroatoms. The Morgan fingerprint density at radius 1 is 1.28 bits per heavy atom. The van der Waals surface area contributed by atoms with Crippen LogP contribution >= 0.6 is 11.6 Å². The monoisotopic (exact) mass is 461 g/mol. The van der Waals surface area contributed by atoms with E-state index in [-0.39, 0.29) is 28.8 Å². The van der Waals surface area contributed by atoms with Gasteiger partial charge in [0.2, 0.25) is 0 Å². The van der Waals surface area contributed by atoms with Crippen molar-refractivity contribution in [2.45, 2.75) is 59.1 Å². The molecule has 0 spiro atoms. The highest BCUT2D eigenvalue weighted by atomic mass is 35.5. The second-order valence-electron chi connectivity index (χ2n) is 9.36. The molecule has 0 unspecified atom stereocenters. The van der Waals surface area contributed by atoms with Gasteiger partial charge in [0.05, 0.1) is 11.1 Å². The van der Waals surface area contributed by atoms with Crippen molar-refractivity contribution < 1.29 is 18.7 Å². The van der Waals surface area contributed by atoms with E-state index >= 15 is 0 Å². The summed E-state index contributed by atoms with van der Waals surface area (Å²) in [6, 6.07) is 8.35. The highest BCUT2D eigenvalue weighted by molar-refractivity contribution is 6.29. The van der Waals surface area contributed by atoms with Gasteiger partial charge in [0.25, 0.3) is 0 Å². The maximum absolute atomic E-state index is 14.3. The summed E-state index contributed by atoms with van der Waals surface area (Å²) >= 11 is 5.77. The number of nitrogens with zero attached hydrogens (tertiary/aromatic N) is 2. The van der Waals surface area contributed by atoms with Crippen LogP contribution in [0.5, 0.6) is 5.75 Å². The Balaban J connectivity index is 2.24. The second kappa shape index (κ2) is 10.2. The zero-order valence-electron chi connectivity index (χ0n) is 19.3. The number of carbonyl (C=O) groups is 1. The molecule has 2 rings (SSSR count). The highest BCUT2D eigenvalue weighted by Gasteiger charge is 2.31. The lowest BCUT2D eigenvalue weighted by molar-refractivity contribution is 0.0408. The lowest BCUT2D eigenvalue weighted by Gasteiger charge is -2.33. The van der Waals surface area contributed by atoms with Gasteiger partial charge in [0.1, 0.15) is 24.0 Å². The zero-order valence-corrected chi connectivity index (χ0v) is 20.0.